The molecule has 80 heavy (non-hydrogen) atoms. The lowest BCUT2D eigenvalue weighted by atomic mass is 9.93. The number of benzene rings is 4. The summed E-state index contributed by atoms with van der Waals surface area (Å²) in [6.45, 7) is -0.0862. The van der Waals surface area contributed by atoms with Gasteiger partial charge >= 0.3 is 24.4 Å². The molecule has 6 N–H and O–H groups in total. The lowest BCUT2D eigenvalue weighted by molar-refractivity contribution is -0.890. The SMILES string of the molecule is CN(C)CCN1CC2=C(C1=O)[C@@H](c1ccc(N)cc1)N(CC(=O)NCC[N+](C)(C)CNC(=O)CN1C(=O)N(c3cccc(C(F)(F)F)c3)C3=C(C(=O)N(CCN(C)C)C3)[C@H]1c1ccc(N)cc1)C(=O)N2c1cccc(C(F)(F)F)c1. The molecule has 0 aromatic heterocycles. The maximum Gasteiger partial charge on any atom is 0.416 e. The van der Waals surface area contributed by atoms with Crippen LogP contribution in [0, 0.1) is 0 Å². The molecule has 4 aliphatic heterocycles. The van der Waals surface area contributed by atoms with E-state index in [1.165, 1.54) is 21.9 Å². The minimum atomic E-state index is -4.77. The summed E-state index contributed by atoms with van der Waals surface area (Å²) in [7, 11) is 10.7. The molecule has 0 saturated heterocycles. The van der Waals surface area contributed by atoms with E-state index in [4.69, 9.17) is 11.5 Å². The molecular formula is C55H64F6N13O6+. The van der Waals surface area contributed by atoms with Gasteiger partial charge in [0.1, 0.15) is 13.1 Å². The van der Waals surface area contributed by atoms with Gasteiger partial charge in [0, 0.05) is 37.6 Å². The number of halogens is 6. The number of rotatable bonds is 19. The average molecular weight is 1120 g/mol. The van der Waals surface area contributed by atoms with E-state index in [-0.39, 0.29) is 84.3 Å². The highest BCUT2D eigenvalue weighted by molar-refractivity contribution is 6.09. The Morgan fingerprint density at radius 3 is 1.36 bits per heavy atom. The number of nitrogens with one attached hydrogen (secondary N) is 2. The largest absolute Gasteiger partial charge is 0.416 e. The van der Waals surface area contributed by atoms with Crippen LogP contribution in [0.15, 0.2) is 120 Å². The summed E-state index contributed by atoms with van der Waals surface area (Å²) in [5.74, 6) is -2.29. The van der Waals surface area contributed by atoms with Crippen LogP contribution in [0.5, 0.6) is 0 Å². The summed E-state index contributed by atoms with van der Waals surface area (Å²) in [6, 6.07) is 17.1. The lowest BCUT2D eigenvalue weighted by Gasteiger charge is -2.41. The zero-order valence-electron chi connectivity index (χ0n) is 45.1. The highest BCUT2D eigenvalue weighted by atomic mass is 19.4. The fourth-order valence-electron chi connectivity index (χ4n) is 10.1. The Labute approximate surface area is 458 Å². The van der Waals surface area contributed by atoms with Crippen molar-refractivity contribution in [2.75, 3.05) is 136 Å². The predicted molar refractivity (Wildman–Crippen MR) is 287 cm³/mol. The molecule has 2 atom stereocenters. The fourth-order valence-corrected chi connectivity index (χ4v) is 10.1. The Balaban J connectivity index is 1.00. The summed E-state index contributed by atoms with van der Waals surface area (Å²) in [6.07, 6.45) is -9.53. The molecule has 0 saturated carbocycles. The number of amides is 8. The van der Waals surface area contributed by atoms with E-state index in [1.54, 1.807) is 62.6 Å². The number of nitrogens with zero attached hydrogens (tertiary/aromatic N) is 9. The van der Waals surface area contributed by atoms with Crippen LogP contribution < -0.4 is 31.9 Å². The van der Waals surface area contributed by atoms with Crippen LogP contribution in [0.1, 0.15) is 34.3 Å². The number of carbonyl (C=O) groups excluding carboxylic acids is 6. The molecule has 0 unspecified atom stereocenters. The molecule has 25 heteroatoms. The third kappa shape index (κ3) is 12.5. The highest BCUT2D eigenvalue weighted by Gasteiger charge is 2.51. The first kappa shape index (κ1) is 58.0. The number of nitrogen functional groups attached to an aromatic ring is 2. The Morgan fingerprint density at radius 1 is 0.600 bits per heavy atom. The summed E-state index contributed by atoms with van der Waals surface area (Å²) in [5.41, 5.74) is 11.9. The summed E-state index contributed by atoms with van der Waals surface area (Å²) < 4.78 is 84.7. The van der Waals surface area contributed by atoms with Crippen molar-refractivity contribution in [3.63, 3.8) is 0 Å². The van der Waals surface area contributed by atoms with Gasteiger partial charge in [-0.3, -0.25) is 29.0 Å². The molecular weight excluding hydrogens is 1050 g/mol. The third-order valence-electron chi connectivity index (χ3n) is 14.3. The minimum Gasteiger partial charge on any atom is -0.399 e. The molecule has 426 valence electrons. The Hall–Kier alpha value is -8.16. The van der Waals surface area contributed by atoms with Gasteiger partial charge in [-0.1, -0.05) is 36.4 Å². The van der Waals surface area contributed by atoms with Crippen molar-refractivity contribution in [3.05, 3.63) is 142 Å². The first-order valence-electron chi connectivity index (χ1n) is 25.6. The number of carbonyl (C=O) groups is 6. The van der Waals surface area contributed by atoms with Gasteiger partial charge in [0.25, 0.3) is 11.8 Å². The van der Waals surface area contributed by atoms with Gasteiger partial charge in [-0.25, -0.2) is 9.59 Å². The van der Waals surface area contributed by atoms with Gasteiger partial charge in [-0.05, 0) is 100.0 Å². The van der Waals surface area contributed by atoms with Gasteiger partial charge in [-0.2, -0.15) is 26.3 Å². The van der Waals surface area contributed by atoms with Crippen LogP contribution in [0.25, 0.3) is 0 Å². The van der Waals surface area contributed by atoms with Gasteiger partial charge in [0.05, 0.1) is 97.4 Å². The number of urea groups is 2. The van der Waals surface area contributed by atoms with Crippen molar-refractivity contribution < 1.29 is 59.6 Å². The van der Waals surface area contributed by atoms with E-state index in [1.807, 2.05) is 38.0 Å². The molecule has 0 fully saturated rings. The van der Waals surface area contributed by atoms with E-state index in [2.05, 4.69) is 10.6 Å². The standard InChI is InChI=1S/C55H63F6N13O6/c1-66(2)22-24-68-29-42-46(50(68)77)48(34-13-17-38(62)18-14-34)70(52(79)72(42)40-11-7-9-36(27-40)54(56,57)58)31-44(75)64-21-26-74(5,6)33-65-45(76)32-71-49(35-15-19-39(63)20-16-35)47-43(30-69(51(47)78)25-23-67(3)4)73(53(71)80)41-12-8-10-37(28-41)55(59,60)61/h7-20,27-28,48-49H,21-26,29-33,62-63H2,1-6H3,(H-,64,65,75,76)/p+1/t48-,49-/m1/s1. The van der Waals surface area contributed by atoms with Crippen LogP contribution in [0.4, 0.5) is 58.7 Å². The Bertz CT molecular complexity index is 3110. The molecule has 0 bridgehead atoms. The van der Waals surface area contributed by atoms with E-state index >= 15 is 0 Å². The van der Waals surface area contributed by atoms with Gasteiger partial charge < -0.3 is 56.0 Å². The molecule has 0 spiro atoms. The van der Waals surface area contributed by atoms with E-state index in [0.717, 1.165) is 56.0 Å². The second-order valence-electron chi connectivity index (χ2n) is 21.3. The number of alkyl halides is 6. The van der Waals surface area contributed by atoms with Crippen molar-refractivity contribution in [1.82, 2.24) is 40.0 Å². The zero-order valence-corrected chi connectivity index (χ0v) is 45.1. The molecule has 4 heterocycles. The normalized spacial score (nSPS) is 18.1. The van der Waals surface area contributed by atoms with Crippen molar-refractivity contribution >= 4 is 58.4 Å². The van der Waals surface area contributed by atoms with Gasteiger partial charge in [0.15, 0.2) is 6.67 Å². The Morgan fingerprint density at radius 2 is 0.988 bits per heavy atom. The number of quaternary nitrogens is 1. The molecule has 4 aromatic carbocycles. The van der Waals surface area contributed by atoms with E-state index in [9.17, 15) is 55.1 Å². The summed E-state index contributed by atoms with van der Waals surface area (Å²) in [4.78, 5) is 98.0. The molecule has 0 aliphatic carbocycles. The van der Waals surface area contributed by atoms with Crippen LogP contribution in [-0.4, -0.2) is 184 Å². The van der Waals surface area contributed by atoms with Crippen LogP contribution in [0.3, 0.4) is 0 Å². The monoisotopic (exact) mass is 1120 g/mol. The second-order valence-corrected chi connectivity index (χ2v) is 21.3. The number of nitrogens with two attached hydrogens (primary N) is 2. The summed E-state index contributed by atoms with van der Waals surface area (Å²) >= 11 is 0. The number of anilines is 4. The zero-order chi connectivity index (χ0) is 58.2. The van der Waals surface area contributed by atoms with Crippen LogP contribution >= 0.6 is 0 Å². The quantitative estimate of drug-likeness (QED) is 0.0422. The molecule has 4 aromatic rings. The highest BCUT2D eigenvalue weighted by Crippen LogP contribution is 2.46. The second kappa shape index (κ2) is 22.9. The third-order valence-corrected chi connectivity index (χ3v) is 14.3. The lowest BCUT2D eigenvalue weighted by Crippen LogP contribution is -2.56. The predicted octanol–water partition coefficient (Wildman–Crippen LogP) is 5.14. The van der Waals surface area contributed by atoms with E-state index < -0.39 is 84.3 Å². The average Bonchev–Trinajstić information content (AvgIpc) is 3.91. The smallest absolute Gasteiger partial charge is 0.399 e. The number of hydrogen-bond donors (Lipinski definition) is 4. The van der Waals surface area contributed by atoms with Crippen LogP contribution in [-0.2, 0) is 31.5 Å². The summed E-state index contributed by atoms with van der Waals surface area (Å²) in [5, 5.41) is 5.63. The van der Waals surface area contributed by atoms with Crippen LogP contribution in [0.2, 0.25) is 0 Å². The Kier molecular flexibility index (Phi) is 16.6. The minimum absolute atomic E-state index is 0.0277. The van der Waals surface area contributed by atoms with Gasteiger partial charge in [0.2, 0.25) is 11.8 Å². The topological polar surface area (TPSA) is 204 Å². The van der Waals surface area contributed by atoms with Crippen molar-refractivity contribution in [3.8, 4) is 0 Å². The maximum absolute atomic E-state index is 14.9. The molecule has 4 aliphatic rings. The number of hydrogen-bond acceptors (Lipinski definition) is 10. The maximum atomic E-state index is 14.9. The van der Waals surface area contributed by atoms with E-state index in [0.29, 0.717) is 35.6 Å². The molecule has 8 rings (SSSR count). The molecule has 0 radical (unpaired) electrons. The molecule has 8 amide bonds. The fraction of sp³-hybridized carbons (Fsp3) is 0.382. The van der Waals surface area contributed by atoms with Crippen molar-refractivity contribution in [2.45, 2.75) is 24.4 Å². The van der Waals surface area contributed by atoms with Crippen molar-refractivity contribution in [1.29, 1.82) is 0 Å². The molecule has 19 nitrogen and oxygen atoms in total. The first-order chi connectivity index (χ1) is 37.6. The van der Waals surface area contributed by atoms with Crippen molar-refractivity contribution in [2.24, 2.45) is 0 Å². The first-order valence-corrected chi connectivity index (χ1v) is 25.6. The number of likely N-dealkylation sites (N-methyl/N-ethyl adjacent to an activating group) is 3. The van der Waals surface area contributed by atoms with Gasteiger partial charge in [-0.15, -0.1) is 0 Å².